The Morgan fingerprint density at radius 1 is 1.25 bits per heavy atom. The van der Waals surface area contributed by atoms with Crippen molar-refractivity contribution < 1.29 is 13.3 Å². The third-order valence-corrected chi connectivity index (χ3v) is 5.89. The van der Waals surface area contributed by atoms with E-state index < -0.39 is 14.9 Å². The molecule has 0 radical (unpaired) electrons. The molecule has 0 unspecified atom stereocenters. The highest BCUT2D eigenvalue weighted by Gasteiger charge is 2.28. The zero-order chi connectivity index (χ0) is 17.7. The Hall–Kier alpha value is -1.71. The fraction of sp³-hybridized carbons (Fsp3) is 0.600. The Bertz CT molecular complexity index is 685. The van der Waals surface area contributed by atoms with Gasteiger partial charge in [-0.1, -0.05) is 6.42 Å². The Balaban J connectivity index is 2.25. The van der Waals surface area contributed by atoms with Crippen molar-refractivity contribution in [1.29, 1.82) is 0 Å². The van der Waals surface area contributed by atoms with Gasteiger partial charge >= 0.3 is 0 Å². The van der Waals surface area contributed by atoms with Crippen LogP contribution in [0.1, 0.15) is 19.3 Å². The van der Waals surface area contributed by atoms with E-state index in [1.165, 1.54) is 16.4 Å². The first kappa shape index (κ1) is 18.6. The minimum atomic E-state index is -3.68. The quantitative estimate of drug-likeness (QED) is 0.590. The van der Waals surface area contributed by atoms with Crippen LogP contribution in [0.25, 0.3) is 0 Å². The van der Waals surface area contributed by atoms with Crippen molar-refractivity contribution in [2.24, 2.45) is 0 Å². The average molecular weight is 356 g/mol. The maximum atomic E-state index is 12.7. The Morgan fingerprint density at radius 2 is 1.92 bits per heavy atom. The highest BCUT2D eigenvalue weighted by atomic mass is 32.2. The number of nitro groups is 1. The normalized spacial score (nSPS) is 16.3. The first-order valence-corrected chi connectivity index (χ1v) is 9.43. The number of sulfonamides is 1. The molecular formula is C15H24N4O4S. The summed E-state index contributed by atoms with van der Waals surface area (Å²) in [6, 6.07) is 4.07. The van der Waals surface area contributed by atoms with Crippen molar-refractivity contribution in [3.8, 4) is 0 Å². The van der Waals surface area contributed by atoms with Crippen molar-refractivity contribution in [2.45, 2.75) is 24.2 Å². The van der Waals surface area contributed by atoms with Gasteiger partial charge in [0.25, 0.3) is 5.69 Å². The van der Waals surface area contributed by atoms with Gasteiger partial charge in [-0.25, -0.2) is 8.42 Å². The van der Waals surface area contributed by atoms with Crippen LogP contribution in [0.2, 0.25) is 0 Å². The summed E-state index contributed by atoms with van der Waals surface area (Å²) in [6.45, 7) is 2.19. The average Bonchev–Trinajstić information content (AvgIpc) is 2.55. The maximum absolute atomic E-state index is 12.7. The molecule has 1 aliphatic heterocycles. The fourth-order valence-electron chi connectivity index (χ4n) is 2.64. The minimum absolute atomic E-state index is 0.0192. The van der Waals surface area contributed by atoms with Crippen LogP contribution in [0.15, 0.2) is 23.1 Å². The van der Waals surface area contributed by atoms with Gasteiger partial charge in [-0.05, 0) is 39.1 Å². The van der Waals surface area contributed by atoms with Crippen molar-refractivity contribution >= 4 is 21.4 Å². The lowest BCUT2D eigenvalue weighted by molar-refractivity contribution is -0.384. The first-order chi connectivity index (χ1) is 11.3. The lowest BCUT2D eigenvalue weighted by atomic mass is 10.2. The molecule has 2 rings (SSSR count). The van der Waals surface area contributed by atoms with Crippen molar-refractivity contribution in [2.75, 3.05) is 45.6 Å². The molecule has 1 aromatic rings. The van der Waals surface area contributed by atoms with E-state index in [0.29, 0.717) is 31.9 Å². The van der Waals surface area contributed by atoms with Gasteiger partial charge in [0.15, 0.2) is 0 Å². The lowest BCUT2D eigenvalue weighted by Crippen LogP contribution is -2.35. The highest BCUT2D eigenvalue weighted by Crippen LogP contribution is 2.29. The molecule has 1 aromatic carbocycles. The molecule has 9 heteroatoms. The van der Waals surface area contributed by atoms with E-state index in [-0.39, 0.29) is 10.6 Å². The van der Waals surface area contributed by atoms with Crippen LogP contribution in [0.3, 0.4) is 0 Å². The largest absolute Gasteiger partial charge is 0.378 e. The van der Waals surface area contributed by atoms with Crippen LogP contribution in [-0.4, -0.2) is 62.8 Å². The summed E-state index contributed by atoms with van der Waals surface area (Å²) in [6.07, 6.45) is 2.66. The third-order valence-electron chi connectivity index (χ3n) is 3.99. The topological polar surface area (TPSA) is 95.8 Å². The molecule has 1 aliphatic rings. The van der Waals surface area contributed by atoms with Gasteiger partial charge in [0.2, 0.25) is 10.0 Å². The van der Waals surface area contributed by atoms with Crippen LogP contribution in [0, 0.1) is 10.1 Å². The summed E-state index contributed by atoms with van der Waals surface area (Å²) in [5, 5.41) is 14.3. The molecule has 0 saturated carbocycles. The molecule has 0 spiro atoms. The summed E-state index contributed by atoms with van der Waals surface area (Å²) >= 11 is 0. The van der Waals surface area contributed by atoms with Gasteiger partial charge in [-0.15, -0.1) is 0 Å². The Kier molecular flexibility index (Phi) is 6.14. The van der Waals surface area contributed by atoms with Crippen LogP contribution >= 0.6 is 0 Å². The zero-order valence-electron chi connectivity index (χ0n) is 14.1. The van der Waals surface area contributed by atoms with Crippen molar-refractivity contribution in [3.05, 3.63) is 28.3 Å². The number of anilines is 1. The van der Waals surface area contributed by atoms with E-state index in [2.05, 4.69) is 5.32 Å². The molecule has 134 valence electrons. The second-order valence-corrected chi connectivity index (χ2v) is 8.07. The van der Waals surface area contributed by atoms with E-state index in [9.17, 15) is 18.5 Å². The summed E-state index contributed by atoms with van der Waals surface area (Å²) in [7, 11) is 0.138. The fourth-order valence-corrected chi connectivity index (χ4v) is 4.18. The molecule has 1 fully saturated rings. The molecule has 0 aliphatic carbocycles. The number of hydrogen-bond acceptors (Lipinski definition) is 6. The summed E-state index contributed by atoms with van der Waals surface area (Å²) in [5.41, 5.74) is 0.117. The van der Waals surface area contributed by atoms with Crippen LogP contribution in [0.4, 0.5) is 11.4 Å². The molecule has 1 saturated heterocycles. The zero-order valence-corrected chi connectivity index (χ0v) is 14.9. The van der Waals surface area contributed by atoms with Gasteiger partial charge in [0.1, 0.15) is 5.69 Å². The van der Waals surface area contributed by atoms with Crippen molar-refractivity contribution in [1.82, 2.24) is 9.21 Å². The second-order valence-electron chi connectivity index (χ2n) is 6.13. The maximum Gasteiger partial charge on any atom is 0.293 e. The van der Waals surface area contributed by atoms with Gasteiger partial charge in [-0.3, -0.25) is 10.1 Å². The predicted octanol–water partition coefficient (Wildman–Crippen LogP) is 1.74. The summed E-state index contributed by atoms with van der Waals surface area (Å²) < 4.78 is 26.7. The van der Waals surface area contributed by atoms with Gasteiger partial charge in [0, 0.05) is 32.2 Å². The molecule has 0 bridgehead atoms. The number of nitrogens with zero attached hydrogens (tertiary/aromatic N) is 3. The summed E-state index contributed by atoms with van der Waals surface area (Å²) in [5.74, 6) is 0. The molecule has 8 nitrogen and oxygen atoms in total. The number of nitrogens with one attached hydrogen (secondary N) is 1. The number of likely N-dealkylation sites (N-methyl/N-ethyl adjacent to an activating group) is 1. The number of piperidine rings is 1. The first-order valence-electron chi connectivity index (χ1n) is 7.99. The van der Waals surface area contributed by atoms with Gasteiger partial charge in [-0.2, -0.15) is 4.31 Å². The number of nitro benzene ring substituents is 1. The molecule has 0 amide bonds. The standard InChI is InChI=1S/C15H24N4O4S/c1-17(2)11-8-16-14-7-6-13(12-15(14)19(20)21)24(22,23)18-9-4-3-5-10-18/h6-7,12,16H,3-5,8-11H2,1-2H3. The van der Waals surface area contributed by atoms with E-state index in [1.807, 2.05) is 19.0 Å². The predicted molar refractivity (Wildman–Crippen MR) is 92.7 cm³/mol. The van der Waals surface area contributed by atoms with Crippen LogP contribution < -0.4 is 5.32 Å². The van der Waals surface area contributed by atoms with E-state index in [4.69, 9.17) is 0 Å². The van der Waals surface area contributed by atoms with Crippen LogP contribution in [-0.2, 0) is 10.0 Å². The van der Waals surface area contributed by atoms with Gasteiger partial charge in [0.05, 0.1) is 9.82 Å². The molecular weight excluding hydrogens is 332 g/mol. The highest BCUT2D eigenvalue weighted by molar-refractivity contribution is 7.89. The van der Waals surface area contributed by atoms with Gasteiger partial charge < -0.3 is 10.2 Å². The van der Waals surface area contributed by atoms with Crippen molar-refractivity contribution in [3.63, 3.8) is 0 Å². The molecule has 1 N–H and O–H groups in total. The molecule has 0 atom stereocenters. The van der Waals surface area contributed by atoms with E-state index >= 15 is 0 Å². The number of rotatable bonds is 7. The van der Waals surface area contributed by atoms with E-state index in [0.717, 1.165) is 25.3 Å². The molecule has 0 aromatic heterocycles. The number of benzene rings is 1. The Morgan fingerprint density at radius 3 is 2.50 bits per heavy atom. The Labute approximate surface area is 142 Å². The monoisotopic (exact) mass is 356 g/mol. The van der Waals surface area contributed by atoms with Crippen LogP contribution in [0.5, 0.6) is 0 Å². The second kappa shape index (κ2) is 7.91. The minimum Gasteiger partial charge on any atom is -0.378 e. The van der Waals surface area contributed by atoms with E-state index in [1.54, 1.807) is 0 Å². The molecule has 1 heterocycles. The molecule has 24 heavy (non-hydrogen) atoms. The summed E-state index contributed by atoms with van der Waals surface area (Å²) in [4.78, 5) is 12.7. The SMILES string of the molecule is CN(C)CCNc1ccc(S(=O)(=O)N2CCCCC2)cc1[N+](=O)[O-]. The number of hydrogen-bond donors (Lipinski definition) is 1. The third kappa shape index (κ3) is 4.43. The smallest absolute Gasteiger partial charge is 0.293 e. The lowest BCUT2D eigenvalue weighted by Gasteiger charge is -2.25.